The first-order valence-electron chi connectivity index (χ1n) is 16.6. The monoisotopic (exact) mass is 694 g/mol. The Morgan fingerprint density at radius 1 is 1.04 bits per heavy atom. The van der Waals surface area contributed by atoms with Gasteiger partial charge >= 0.3 is 24.2 Å². The third kappa shape index (κ3) is 8.07. The fourth-order valence-electron chi connectivity index (χ4n) is 5.84. The molecule has 16 heteroatoms. The summed E-state index contributed by atoms with van der Waals surface area (Å²) in [7, 11) is 1.51. The second-order valence-corrected chi connectivity index (χ2v) is 14.7. The van der Waals surface area contributed by atoms with Crippen LogP contribution in [-0.4, -0.2) is 91.8 Å². The molecule has 4 heterocycles. The van der Waals surface area contributed by atoms with E-state index in [2.05, 4.69) is 25.3 Å². The van der Waals surface area contributed by atoms with Crippen LogP contribution >= 0.6 is 0 Å². The van der Waals surface area contributed by atoms with Crippen LogP contribution < -0.4 is 24.6 Å². The van der Waals surface area contributed by atoms with Crippen molar-refractivity contribution in [1.82, 2.24) is 30.2 Å². The Kier molecular flexibility index (Phi) is 9.33. The van der Waals surface area contributed by atoms with Crippen molar-refractivity contribution in [3.63, 3.8) is 0 Å². The SMILES string of the molecule is CN(C(=O)OC(C)(C)C)c1cc(F)cc2c1[nH]c1nc(Oc3cnc(OC4CC(O)C4)nc3)nc(N3CCCC(NC(=O)OC(C)(C)C)C3)c12. The van der Waals surface area contributed by atoms with E-state index in [0.717, 1.165) is 6.42 Å². The fraction of sp³-hybridized carbons (Fsp3) is 0.529. The van der Waals surface area contributed by atoms with E-state index < -0.39 is 29.2 Å². The number of aromatic amines is 1. The van der Waals surface area contributed by atoms with E-state index in [0.29, 0.717) is 60.1 Å². The van der Waals surface area contributed by atoms with Gasteiger partial charge in [-0.2, -0.15) is 19.9 Å². The van der Waals surface area contributed by atoms with Crippen LogP contribution in [0, 0.1) is 5.82 Å². The number of aromatic nitrogens is 5. The molecular weight excluding hydrogens is 651 g/mol. The maximum absolute atomic E-state index is 15.3. The second-order valence-electron chi connectivity index (χ2n) is 14.7. The zero-order valence-corrected chi connectivity index (χ0v) is 29.2. The number of aliphatic hydroxyl groups excluding tert-OH is 1. The normalized spacial score (nSPS) is 19.5. The van der Waals surface area contributed by atoms with E-state index in [9.17, 15) is 14.7 Å². The summed E-state index contributed by atoms with van der Waals surface area (Å²) in [5, 5.41) is 13.4. The third-order valence-corrected chi connectivity index (χ3v) is 8.09. The maximum atomic E-state index is 15.3. The summed E-state index contributed by atoms with van der Waals surface area (Å²) in [5.41, 5.74) is -0.415. The van der Waals surface area contributed by atoms with E-state index in [1.54, 1.807) is 41.5 Å². The van der Waals surface area contributed by atoms with Crippen LogP contribution in [0.1, 0.15) is 67.2 Å². The molecule has 0 spiro atoms. The van der Waals surface area contributed by atoms with Crippen molar-refractivity contribution in [2.75, 3.05) is 29.9 Å². The number of hydrogen-bond donors (Lipinski definition) is 3. The smallest absolute Gasteiger partial charge is 0.414 e. The minimum absolute atomic E-state index is 0.0387. The Hall–Kier alpha value is -4.99. The lowest BCUT2D eigenvalue weighted by molar-refractivity contribution is -0.0151. The molecule has 1 atom stereocenters. The summed E-state index contributed by atoms with van der Waals surface area (Å²) in [5.74, 6) is 0.105. The molecule has 2 amide bonds. The number of amides is 2. The molecule has 0 bridgehead atoms. The number of nitrogens with one attached hydrogen (secondary N) is 2. The molecule has 1 aliphatic carbocycles. The van der Waals surface area contributed by atoms with Crippen LogP contribution in [0.3, 0.4) is 0 Å². The number of alkyl carbamates (subject to hydrolysis) is 1. The van der Waals surface area contributed by atoms with Crippen molar-refractivity contribution < 1.29 is 38.0 Å². The van der Waals surface area contributed by atoms with Gasteiger partial charge < -0.3 is 39.3 Å². The van der Waals surface area contributed by atoms with E-state index in [1.807, 2.05) is 4.90 Å². The molecule has 15 nitrogen and oxygen atoms in total. The lowest BCUT2D eigenvalue weighted by Crippen LogP contribution is -2.49. The molecule has 1 aliphatic heterocycles. The van der Waals surface area contributed by atoms with Gasteiger partial charge in [0, 0.05) is 44.4 Å². The number of rotatable bonds is 7. The number of piperidine rings is 1. The van der Waals surface area contributed by atoms with Crippen molar-refractivity contribution in [1.29, 1.82) is 0 Å². The van der Waals surface area contributed by atoms with Crippen LogP contribution in [-0.2, 0) is 9.47 Å². The number of ether oxygens (including phenoxy) is 4. The summed E-state index contributed by atoms with van der Waals surface area (Å²) >= 11 is 0. The van der Waals surface area contributed by atoms with Gasteiger partial charge in [-0.05, 0) is 66.5 Å². The van der Waals surface area contributed by atoms with E-state index in [4.69, 9.17) is 23.9 Å². The lowest BCUT2D eigenvalue weighted by Gasteiger charge is -2.34. The van der Waals surface area contributed by atoms with Gasteiger partial charge in [0.2, 0.25) is 0 Å². The van der Waals surface area contributed by atoms with Crippen LogP contribution in [0.25, 0.3) is 21.9 Å². The zero-order chi connectivity index (χ0) is 36.0. The van der Waals surface area contributed by atoms with Gasteiger partial charge in [0.15, 0.2) is 5.75 Å². The van der Waals surface area contributed by atoms with Gasteiger partial charge in [-0.25, -0.2) is 14.0 Å². The number of aliphatic hydroxyl groups is 1. The third-order valence-electron chi connectivity index (χ3n) is 8.09. The van der Waals surface area contributed by atoms with Gasteiger partial charge in [-0.3, -0.25) is 4.90 Å². The molecule has 1 saturated heterocycles. The Morgan fingerprint density at radius 3 is 2.40 bits per heavy atom. The summed E-state index contributed by atoms with van der Waals surface area (Å²) in [6.45, 7) is 11.6. The molecule has 3 aromatic heterocycles. The predicted octanol–water partition coefficient (Wildman–Crippen LogP) is 5.60. The Bertz CT molecular complexity index is 1880. The Balaban J connectivity index is 1.38. The second kappa shape index (κ2) is 13.4. The van der Waals surface area contributed by atoms with E-state index in [1.165, 1.54) is 36.5 Å². The summed E-state index contributed by atoms with van der Waals surface area (Å²) in [6, 6.07) is 2.47. The molecule has 2 aliphatic rings. The number of fused-ring (bicyclic) bond motifs is 3. The van der Waals surface area contributed by atoms with Crippen molar-refractivity contribution in [3.05, 3.63) is 30.3 Å². The van der Waals surface area contributed by atoms with Crippen LogP contribution in [0.4, 0.5) is 25.5 Å². The molecule has 2 fully saturated rings. The first kappa shape index (κ1) is 34.9. The quantitative estimate of drug-likeness (QED) is 0.219. The number of carbonyl (C=O) groups excluding carboxylic acids is 2. The molecule has 50 heavy (non-hydrogen) atoms. The number of benzene rings is 1. The molecule has 1 saturated carbocycles. The number of H-pyrrole nitrogens is 1. The molecule has 3 N–H and O–H groups in total. The maximum Gasteiger partial charge on any atom is 0.414 e. The number of halogens is 1. The lowest BCUT2D eigenvalue weighted by atomic mass is 9.92. The highest BCUT2D eigenvalue weighted by Crippen LogP contribution is 2.39. The molecule has 1 aromatic carbocycles. The van der Waals surface area contributed by atoms with Crippen LogP contribution in [0.2, 0.25) is 0 Å². The standard InChI is InChI=1S/C34H43FN8O7/c1-33(2,3)49-31(45)38-19-9-8-10-43(17-19)28-25-23-11-18(35)12-24(42(7)32(46)50-34(4,5)6)26(23)39-27(25)40-30(41-28)48-22-15-36-29(37-16-22)47-21-13-20(44)14-21/h11-12,15-16,19-21,44H,8-10,13-14,17H2,1-7H3,(H,38,45)(H,39,40,41). The highest BCUT2D eigenvalue weighted by atomic mass is 19.1. The summed E-state index contributed by atoms with van der Waals surface area (Å²) in [6.07, 6.45) is 3.64. The Labute approximate surface area is 288 Å². The highest BCUT2D eigenvalue weighted by Gasteiger charge is 2.31. The highest BCUT2D eigenvalue weighted by molar-refractivity contribution is 6.16. The topological polar surface area (TPSA) is 177 Å². The zero-order valence-electron chi connectivity index (χ0n) is 29.2. The van der Waals surface area contributed by atoms with Crippen molar-refractivity contribution in [2.45, 2.75) is 96.7 Å². The van der Waals surface area contributed by atoms with E-state index >= 15 is 4.39 Å². The minimum atomic E-state index is -0.769. The summed E-state index contributed by atoms with van der Waals surface area (Å²) < 4.78 is 38.1. The van der Waals surface area contributed by atoms with Gasteiger partial charge in [0.1, 0.15) is 34.6 Å². The van der Waals surface area contributed by atoms with Gasteiger partial charge in [-0.1, -0.05) is 0 Å². The molecule has 1 unspecified atom stereocenters. The minimum Gasteiger partial charge on any atom is -0.460 e. The Morgan fingerprint density at radius 2 is 1.74 bits per heavy atom. The largest absolute Gasteiger partial charge is 0.460 e. The summed E-state index contributed by atoms with van der Waals surface area (Å²) in [4.78, 5) is 50.1. The van der Waals surface area contributed by atoms with Gasteiger partial charge in [0.25, 0.3) is 0 Å². The molecular formula is C34H43FN8O7. The van der Waals surface area contributed by atoms with Crippen LogP contribution in [0.15, 0.2) is 24.5 Å². The number of hydrogen-bond acceptors (Lipinski definition) is 12. The number of anilines is 2. The van der Waals surface area contributed by atoms with Gasteiger partial charge in [-0.15, -0.1) is 0 Å². The average Bonchev–Trinajstić information content (AvgIpc) is 3.36. The van der Waals surface area contributed by atoms with Crippen molar-refractivity contribution in [2.24, 2.45) is 0 Å². The number of nitrogens with zero attached hydrogens (tertiary/aromatic N) is 6. The van der Waals surface area contributed by atoms with Crippen LogP contribution in [0.5, 0.6) is 17.8 Å². The molecule has 0 radical (unpaired) electrons. The first-order chi connectivity index (χ1) is 23.5. The van der Waals surface area contributed by atoms with Crippen molar-refractivity contribution >= 4 is 45.6 Å². The predicted molar refractivity (Wildman–Crippen MR) is 182 cm³/mol. The van der Waals surface area contributed by atoms with Gasteiger partial charge in [0.05, 0.1) is 35.1 Å². The number of carbonyl (C=O) groups is 2. The molecule has 268 valence electrons. The fourth-order valence-corrected chi connectivity index (χ4v) is 5.84. The molecule has 4 aromatic rings. The first-order valence-corrected chi connectivity index (χ1v) is 16.6. The molecule has 6 rings (SSSR count). The van der Waals surface area contributed by atoms with Crippen molar-refractivity contribution in [3.8, 4) is 17.8 Å². The van der Waals surface area contributed by atoms with E-state index in [-0.39, 0.29) is 41.7 Å². The average molecular weight is 695 g/mol.